The topological polar surface area (TPSA) is 112 Å². The highest BCUT2D eigenvalue weighted by atomic mass is 19.1. The van der Waals surface area contributed by atoms with Crippen molar-refractivity contribution in [1.29, 1.82) is 0 Å². The lowest BCUT2D eigenvalue weighted by Gasteiger charge is -2.24. The first-order chi connectivity index (χ1) is 11.8. The van der Waals surface area contributed by atoms with Crippen LogP contribution in [0.1, 0.15) is 32.2 Å². The largest absolute Gasteiger partial charge is 0.354 e. The molecule has 0 amide bonds. The lowest BCUT2D eigenvalue weighted by atomic mass is 9.90. The van der Waals surface area contributed by atoms with E-state index < -0.39 is 17.1 Å². The summed E-state index contributed by atoms with van der Waals surface area (Å²) in [5.74, 6) is 5.14. The Morgan fingerprint density at radius 1 is 1.40 bits per heavy atom. The summed E-state index contributed by atoms with van der Waals surface area (Å²) in [6.07, 6.45) is 2.47. The molecule has 0 radical (unpaired) electrons. The molecule has 134 valence electrons. The molecule has 25 heavy (non-hydrogen) atoms. The molecular formula is C16H21FN6O2. The summed E-state index contributed by atoms with van der Waals surface area (Å²) in [6.45, 7) is 3.77. The molecule has 0 bridgehead atoms. The Bertz CT molecular complexity index is 979. The van der Waals surface area contributed by atoms with Crippen LogP contribution in [0.2, 0.25) is 0 Å². The molecule has 8 nitrogen and oxygen atoms in total. The summed E-state index contributed by atoms with van der Waals surface area (Å²) in [5, 5.41) is 0.0241. The molecule has 1 aliphatic heterocycles. The van der Waals surface area contributed by atoms with Crippen molar-refractivity contribution in [2.24, 2.45) is 11.1 Å². The van der Waals surface area contributed by atoms with Crippen LogP contribution in [0.25, 0.3) is 11.0 Å². The fourth-order valence-electron chi connectivity index (χ4n) is 3.49. The third kappa shape index (κ3) is 2.41. The average Bonchev–Trinajstić information content (AvgIpc) is 3.35. The number of hydrogen-bond donors (Lipinski definition) is 2. The van der Waals surface area contributed by atoms with E-state index in [1.807, 2.05) is 4.90 Å². The number of nitrogens with zero attached hydrogens (tertiary/aromatic N) is 4. The van der Waals surface area contributed by atoms with Gasteiger partial charge in [-0.15, -0.1) is 0 Å². The molecule has 3 heterocycles. The van der Waals surface area contributed by atoms with Gasteiger partial charge in [0, 0.05) is 19.1 Å². The molecule has 1 saturated carbocycles. The van der Waals surface area contributed by atoms with Crippen LogP contribution < -0.4 is 27.7 Å². The maximum absolute atomic E-state index is 14.7. The zero-order valence-corrected chi connectivity index (χ0v) is 14.0. The molecule has 9 heteroatoms. The van der Waals surface area contributed by atoms with Crippen molar-refractivity contribution in [2.45, 2.75) is 32.2 Å². The lowest BCUT2D eigenvalue weighted by molar-refractivity contribution is 0.383. The highest BCUT2D eigenvalue weighted by Gasteiger charge is 2.35. The van der Waals surface area contributed by atoms with Crippen molar-refractivity contribution in [3.8, 4) is 0 Å². The molecule has 2 aliphatic rings. The molecule has 1 aliphatic carbocycles. The van der Waals surface area contributed by atoms with Crippen LogP contribution in [0.3, 0.4) is 0 Å². The number of rotatable bonds is 3. The van der Waals surface area contributed by atoms with Gasteiger partial charge in [0.2, 0.25) is 0 Å². The minimum atomic E-state index is -0.733. The fourth-order valence-corrected chi connectivity index (χ4v) is 3.49. The monoisotopic (exact) mass is 348 g/mol. The van der Waals surface area contributed by atoms with Gasteiger partial charge in [-0.05, 0) is 37.3 Å². The number of nitrogen functional groups attached to an aromatic ring is 1. The maximum atomic E-state index is 14.7. The first kappa shape index (κ1) is 16.1. The molecule has 0 aromatic carbocycles. The second-order valence-electron chi connectivity index (χ2n) is 7.41. The van der Waals surface area contributed by atoms with Gasteiger partial charge in [0.05, 0.1) is 5.39 Å². The third-order valence-corrected chi connectivity index (χ3v) is 5.29. The molecule has 1 unspecified atom stereocenters. The van der Waals surface area contributed by atoms with Gasteiger partial charge in [0.25, 0.3) is 5.56 Å². The molecule has 1 atom stereocenters. The number of hydrogen-bond acceptors (Lipinski definition) is 6. The smallest absolute Gasteiger partial charge is 0.351 e. The number of pyridine rings is 1. The highest BCUT2D eigenvalue weighted by molar-refractivity contribution is 5.77. The van der Waals surface area contributed by atoms with Gasteiger partial charge in [-0.3, -0.25) is 9.36 Å². The Balaban J connectivity index is 1.92. The lowest BCUT2D eigenvalue weighted by Crippen LogP contribution is -2.45. The van der Waals surface area contributed by atoms with Crippen LogP contribution in [0.5, 0.6) is 0 Å². The molecule has 1 saturated heterocycles. The Kier molecular flexibility index (Phi) is 3.40. The van der Waals surface area contributed by atoms with E-state index >= 15 is 0 Å². The average molecular weight is 348 g/mol. The van der Waals surface area contributed by atoms with Crippen LogP contribution in [-0.2, 0) is 0 Å². The van der Waals surface area contributed by atoms with Crippen molar-refractivity contribution < 1.29 is 4.39 Å². The number of nitrogens with two attached hydrogens (primary N) is 2. The van der Waals surface area contributed by atoms with Gasteiger partial charge in [0.1, 0.15) is 0 Å². The molecule has 4 rings (SSSR count). The van der Waals surface area contributed by atoms with E-state index in [0.29, 0.717) is 24.3 Å². The molecule has 2 aromatic rings. The van der Waals surface area contributed by atoms with E-state index in [1.165, 1.54) is 4.57 Å². The number of halogens is 1. The Hall–Kier alpha value is -2.42. The fraction of sp³-hybridized carbons (Fsp3) is 0.562. The third-order valence-electron chi connectivity index (χ3n) is 5.29. The second-order valence-corrected chi connectivity index (χ2v) is 7.41. The normalized spacial score (nSPS) is 23.6. The summed E-state index contributed by atoms with van der Waals surface area (Å²) in [5.41, 5.74) is 4.58. The van der Waals surface area contributed by atoms with Crippen molar-refractivity contribution in [1.82, 2.24) is 14.2 Å². The SMILES string of the molecule is CC1(CN)CCN(c2nc3c(cc2F)c(=O)n(N)c(=O)n3C2CC2)C1. The summed E-state index contributed by atoms with van der Waals surface area (Å²) in [7, 11) is 0. The van der Waals surface area contributed by atoms with Crippen molar-refractivity contribution >= 4 is 16.9 Å². The Morgan fingerprint density at radius 3 is 2.72 bits per heavy atom. The van der Waals surface area contributed by atoms with Gasteiger partial charge < -0.3 is 16.5 Å². The summed E-state index contributed by atoms with van der Waals surface area (Å²) in [6, 6.07) is 1.10. The first-order valence-corrected chi connectivity index (χ1v) is 8.42. The second kappa shape index (κ2) is 5.29. The number of aromatic nitrogens is 3. The van der Waals surface area contributed by atoms with E-state index in [1.54, 1.807) is 0 Å². The summed E-state index contributed by atoms with van der Waals surface area (Å²) in [4.78, 5) is 30.9. The van der Waals surface area contributed by atoms with Crippen LogP contribution in [0.4, 0.5) is 10.2 Å². The number of anilines is 1. The summed E-state index contributed by atoms with van der Waals surface area (Å²) < 4.78 is 16.6. The zero-order chi connectivity index (χ0) is 17.9. The zero-order valence-electron chi connectivity index (χ0n) is 14.0. The summed E-state index contributed by atoms with van der Waals surface area (Å²) >= 11 is 0. The first-order valence-electron chi connectivity index (χ1n) is 8.42. The minimum absolute atomic E-state index is 0.0241. The predicted octanol–water partition coefficient (Wildman–Crippen LogP) is -0.0789. The van der Waals surface area contributed by atoms with Crippen LogP contribution in [0.15, 0.2) is 15.7 Å². The molecular weight excluding hydrogens is 327 g/mol. The maximum Gasteiger partial charge on any atom is 0.351 e. The van der Waals surface area contributed by atoms with Crippen LogP contribution >= 0.6 is 0 Å². The van der Waals surface area contributed by atoms with E-state index in [0.717, 1.165) is 25.3 Å². The van der Waals surface area contributed by atoms with Gasteiger partial charge in [-0.1, -0.05) is 6.92 Å². The molecule has 2 fully saturated rings. The highest BCUT2D eigenvalue weighted by Crippen LogP contribution is 2.36. The van der Waals surface area contributed by atoms with Gasteiger partial charge >= 0.3 is 5.69 Å². The van der Waals surface area contributed by atoms with E-state index in [9.17, 15) is 14.0 Å². The van der Waals surface area contributed by atoms with Crippen molar-refractivity contribution in [3.05, 3.63) is 32.7 Å². The Morgan fingerprint density at radius 2 is 2.12 bits per heavy atom. The van der Waals surface area contributed by atoms with Crippen LogP contribution in [-0.4, -0.2) is 33.9 Å². The standard InChI is InChI=1S/C16H21FN6O2/c1-16(7-18)4-5-21(8-16)13-11(17)6-10-12(20-13)22(9-2-3-9)15(25)23(19)14(10)24/h6,9H,2-5,7-8,18-19H2,1H3. The molecule has 0 spiro atoms. The van der Waals surface area contributed by atoms with Crippen molar-refractivity contribution in [2.75, 3.05) is 30.4 Å². The minimum Gasteiger partial charge on any atom is -0.354 e. The van der Waals surface area contributed by atoms with Gasteiger partial charge in [-0.2, -0.15) is 4.68 Å². The molecule has 4 N–H and O–H groups in total. The van der Waals surface area contributed by atoms with Gasteiger partial charge in [-0.25, -0.2) is 14.2 Å². The van der Waals surface area contributed by atoms with Gasteiger partial charge in [0.15, 0.2) is 17.3 Å². The Labute approximate surface area is 142 Å². The quantitative estimate of drug-likeness (QED) is 0.751. The van der Waals surface area contributed by atoms with E-state index in [4.69, 9.17) is 11.6 Å². The predicted molar refractivity (Wildman–Crippen MR) is 92.6 cm³/mol. The van der Waals surface area contributed by atoms with Crippen molar-refractivity contribution in [3.63, 3.8) is 0 Å². The number of fused-ring (bicyclic) bond motifs is 1. The van der Waals surface area contributed by atoms with E-state index in [-0.39, 0.29) is 28.3 Å². The van der Waals surface area contributed by atoms with E-state index in [2.05, 4.69) is 11.9 Å². The molecule has 2 aromatic heterocycles. The van der Waals surface area contributed by atoms with Crippen LogP contribution in [0, 0.1) is 11.2 Å².